The topological polar surface area (TPSA) is 28.7 Å². The van der Waals surface area contributed by atoms with Gasteiger partial charge >= 0.3 is 0 Å². The first kappa shape index (κ1) is 12.7. The normalized spacial score (nSPS) is 23.7. The van der Waals surface area contributed by atoms with Crippen LogP contribution in [0.2, 0.25) is 0 Å². The van der Waals surface area contributed by atoms with Gasteiger partial charge in [-0.2, -0.15) is 0 Å². The maximum absolute atomic E-state index is 4.94. The van der Waals surface area contributed by atoms with Gasteiger partial charge < -0.3 is 4.98 Å². The third kappa shape index (κ3) is 1.85. The van der Waals surface area contributed by atoms with Gasteiger partial charge in [-0.1, -0.05) is 78.9 Å². The van der Waals surface area contributed by atoms with Crippen LogP contribution in [0.15, 0.2) is 78.9 Å². The molecule has 0 bridgehead atoms. The van der Waals surface area contributed by atoms with Crippen LogP contribution in [0.5, 0.6) is 0 Å². The van der Waals surface area contributed by atoms with E-state index in [0.717, 1.165) is 16.7 Å². The number of hydrogen-bond donors (Lipinski definition) is 1. The summed E-state index contributed by atoms with van der Waals surface area (Å²) in [6, 6.07) is 10.3. The van der Waals surface area contributed by atoms with E-state index in [0.29, 0.717) is 11.8 Å². The molecule has 1 N–H and O–H groups in total. The molecule has 0 amide bonds. The molecule has 2 atom stereocenters. The monoisotopic (exact) mass is 296 g/mol. The number of fused-ring (bicyclic) bond motifs is 4. The molecule has 0 radical (unpaired) electrons. The smallest absolute Gasteiger partial charge is 0.138 e. The molecule has 3 aliphatic rings. The van der Waals surface area contributed by atoms with Gasteiger partial charge in [0.2, 0.25) is 0 Å². The Kier molecular flexibility index (Phi) is 2.65. The molecule has 1 aromatic carbocycles. The standard InChI is InChI=1S/C21H16N2/c1-2-8-14(9-3-1)21-22-19-17-12-6-4-10-15(17)16-11-5-7-13-18(16)20(19)23-21/h1-13,15-16H,(H,22,23). The van der Waals surface area contributed by atoms with Gasteiger partial charge in [0, 0.05) is 17.4 Å². The molecule has 0 saturated heterocycles. The quantitative estimate of drug-likeness (QED) is 0.861. The summed E-state index contributed by atoms with van der Waals surface area (Å²) in [5.74, 6) is 1.73. The molecule has 5 rings (SSSR count). The third-order valence-corrected chi connectivity index (χ3v) is 4.83. The second-order valence-electron chi connectivity index (χ2n) is 6.13. The number of aromatic nitrogens is 2. The fraction of sp³-hybridized carbons (Fsp3) is 0.0952. The van der Waals surface area contributed by atoms with Crippen LogP contribution in [0.1, 0.15) is 0 Å². The van der Waals surface area contributed by atoms with Gasteiger partial charge in [0.25, 0.3) is 0 Å². The first-order valence-electron chi connectivity index (χ1n) is 8.01. The molecule has 1 aromatic heterocycles. The zero-order valence-electron chi connectivity index (χ0n) is 12.6. The Morgan fingerprint density at radius 2 is 1.48 bits per heavy atom. The summed E-state index contributed by atoms with van der Waals surface area (Å²) in [7, 11) is 0. The van der Waals surface area contributed by atoms with Gasteiger partial charge in [-0.25, -0.2) is 4.98 Å². The molecule has 2 aromatic rings. The van der Waals surface area contributed by atoms with E-state index in [1.807, 2.05) is 6.07 Å². The van der Waals surface area contributed by atoms with Crippen LogP contribution in [0.4, 0.5) is 0 Å². The number of nitrogens with zero attached hydrogens (tertiary/aromatic N) is 1. The highest BCUT2D eigenvalue weighted by Gasteiger charge is 2.30. The highest BCUT2D eigenvalue weighted by atomic mass is 14.9. The Balaban J connectivity index is 1.86. The minimum atomic E-state index is 0.385. The second kappa shape index (κ2) is 4.82. The Hall–Kier alpha value is -2.87. The van der Waals surface area contributed by atoms with Crippen LogP contribution >= 0.6 is 0 Å². The van der Waals surface area contributed by atoms with Crippen molar-refractivity contribution in [3.8, 4) is 11.4 Å². The predicted molar refractivity (Wildman–Crippen MR) is 93.6 cm³/mol. The minimum absolute atomic E-state index is 0.385. The molecule has 1 heterocycles. The number of nitrogens with one attached hydrogen (secondary N) is 1. The van der Waals surface area contributed by atoms with E-state index in [1.54, 1.807) is 0 Å². The van der Waals surface area contributed by atoms with Crippen molar-refractivity contribution in [3.63, 3.8) is 0 Å². The van der Waals surface area contributed by atoms with Crippen molar-refractivity contribution in [3.05, 3.63) is 89.6 Å². The van der Waals surface area contributed by atoms with E-state index in [9.17, 15) is 0 Å². The first-order valence-corrected chi connectivity index (χ1v) is 8.01. The number of allylic oxidation sites excluding steroid dienone is 8. The van der Waals surface area contributed by atoms with Crippen molar-refractivity contribution in [1.82, 2.24) is 9.97 Å². The van der Waals surface area contributed by atoms with Crippen LogP contribution in [0, 0.1) is 11.8 Å². The van der Waals surface area contributed by atoms with Crippen LogP contribution in [-0.2, 0) is 0 Å². The van der Waals surface area contributed by atoms with Crippen LogP contribution in [-0.4, -0.2) is 9.97 Å². The maximum atomic E-state index is 4.94. The molecule has 23 heavy (non-hydrogen) atoms. The Morgan fingerprint density at radius 1 is 0.783 bits per heavy atom. The molecular weight excluding hydrogens is 280 g/mol. The summed E-state index contributed by atoms with van der Waals surface area (Å²) in [6.07, 6.45) is 17.6. The van der Waals surface area contributed by atoms with E-state index in [-0.39, 0.29) is 0 Å². The van der Waals surface area contributed by atoms with Crippen LogP contribution in [0.3, 0.4) is 0 Å². The molecular formula is C21H16N2. The largest absolute Gasteiger partial charge is 0.338 e. The van der Waals surface area contributed by atoms with Crippen LogP contribution in [0.25, 0.3) is 22.5 Å². The summed E-state index contributed by atoms with van der Waals surface area (Å²) in [4.78, 5) is 8.51. The minimum Gasteiger partial charge on any atom is -0.338 e. The Morgan fingerprint density at radius 3 is 2.26 bits per heavy atom. The summed E-state index contributed by atoms with van der Waals surface area (Å²) in [6.45, 7) is 0. The van der Waals surface area contributed by atoms with Crippen molar-refractivity contribution in [2.24, 2.45) is 11.8 Å². The molecule has 2 unspecified atom stereocenters. The van der Waals surface area contributed by atoms with E-state index < -0.39 is 0 Å². The lowest BCUT2D eigenvalue weighted by atomic mass is 9.74. The Bertz CT molecular complexity index is 950. The molecule has 0 aliphatic heterocycles. The lowest BCUT2D eigenvalue weighted by Gasteiger charge is -2.29. The maximum Gasteiger partial charge on any atom is 0.138 e. The molecule has 2 heteroatoms. The zero-order valence-corrected chi connectivity index (χ0v) is 12.6. The van der Waals surface area contributed by atoms with E-state index >= 15 is 0 Å². The van der Waals surface area contributed by atoms with E-state index in [2.05, 4.69) is 77.9 Å². The average molecular weight is 296 g/mol. The predicted octanol–water partition coefficient (Wildman–Crippen LogP) is 2.88. The fourth-order valence-corrected chi connectivity index (χ4v) is 3.75. The van der Waals surface area contributed by atoms with E-state index in [1.165, 1.54) is 16.5 Å². The first-order chi connectivity index (χ1) is 11.4. The van der Waals surface area contributed by atoms with E-state index in [4.69, 9.17) is 4.98 Å². The molecule has 0 fully saturated rings. The van der Waals surface area contributed by atoms with Gasteiger partial charge in [-0.15, -0.1) is 0 Å². The number of rotatable bonds is 1. The third-order valence-electron chi connectivity index (χ3n) is 4.83. The number of H-pyrrole nitrogens is 1. The second-order valence-corrected chi connectivity index (χ2v) is 6.13. The zero-order chi connectivity index (χ0) is 15.2. The summed E-state index contributed by atoms with van der Waals surface area (Å²) >= 11 is 0. The van der Waals surface area contributed by atoms with Gasteiger partial charge in [-0.05, 0) is 11.1 Å². The molecule has 0 saturated carbocycles. The van der Waals surface area contributed by atoms with Gasteiger partial charge in [0.05, 0.1) is 10.7 Å². The average Bonchev–Trinajstić information content (AvgIpc) is 3.09. The summed E-state index contributed by atoms with van der Waals surface area (Å²) in [5, 5.41) is 2.27. The number of aromatic amines is 1. The van der Waals surface area contributed by atoms with Gasteiger partial charge in [0.15, 0.2) is 0 Å². The van der Waals surface area contributed by atoms with Crippen molar-refractivity contribution >= 4 is 11.1 Å². The molecule has 3 aliphatic carbocycles. The SMILES string of the molecule is C1=CC2=c3nc(-c4ccccc4)[nH]c3=C3C=CC=CC3C2C=C1. The van der Waals surface area contributed by atoms with Gasteiger partial charge in [0.1, 0.15) is 5.82 Å². The fourth-order valence-electron chi connectivity index (χ4n) is 3.75. The van der Waals surface area contributed by atoms with Crippen molar-refractivity contribution < 1.29 is 0 Å². The van der Waals surface area contributed by atoms with Crippen LogP contribution < -0.4 is 10.7 Å². The number of hydrogen-bond acceptors (Lipinski definition) is 1. The van der Waals surface area contributed by atoms with Crippen molar-refractivity contribution in [1.29, 1.82) is 0 Å². The lowest BCUT2D eigenvalue weighted by Crippen LogP contribution is -2.39. The molecule has 2 nitrogen and oxygen atoms in total. The molecule has 0 spiro atoms. The molecule has 110 valence electrons. The van der Waals surface area contributed by atoms with Gasteiger partial charge in [-0.3, -0.25) is 0 Å². The highest BCUT2D eigenvalue weighted by Crippen LogP contribution is 2.36. The highest BCUT2D eigenvalue weighted by molar-refractivity contribution is 5.76. The number of imidazole rings is 1. The summed E-state index contributed by atoms with van der Waals surface area (Å²) < 4.78 is 0. The van der Waals surface area contributed by atoms with Crippen molar-refractivity contribution in [2.75, 3.05) is 0 Å². The number of benzene rings is 1. The summed E-state index contributed by atoms with van der Waals surface area (Å²) in [5.41, 5.74) is 3.78. The lowest BCUT2D eigenvalue weighted by molar-refractivity contribution is 0.690. The van der Waals surface area contributed by atoms with Crippen molar-refractivity contribution in [2.45, 2.75) is 0 Å². The Labute approximate surface area is 134 Å².